The van der Waals surface area contributed by atoms with Gasteiger partial charge in [-0.2, -0.15) is 0 Å². The van der Waals surface area contributed by atoms with Gasteiger partial charge in [0, 0.05) is 0 Å². The molecule has 1 aromatic rings. The van der Waals surface area contributed by atoms with E-state index < -0.39 is 0 Å². The SMILES string of the molecule is [As]C1C2CCN(CC2)C1Cc1cccnc1. The molecule has 3 saturated heterocycles. The van der Waals surface area contributed by atoms with Gasteiger partial charge in [-0.1, -0.05) is 0 Å². The number of rotatable bonds is 2. The van der Waals surface area contributed by atoms with Gasteiger partial charge in [0.15, 0.2) is 0 Å². The van der Waals surface area contributed by atoms with Gasteiger partial charge >= 0.3 is 106 Å². The summed E-state index contributed by atoms with van der Waals surface area (Å²) in [5.74, 6) is 0.951. The van der Waals surface area contributed by atoms with E-state index in [0.29, 0.717) is 0 Å². The van der Waals surface area contributed by atoms with Crippen molar-refractivity contribution in [1.29, 1.82) is 0 Å². The Kier molecular flexibility index (Phi) is 3.04. The number of nitrogens with zero attached hydrogens (tertiary/aromatic N) is 2. The first-order chi connectivity index (χ1) is 7.84. The molecule has 0 aliphatic carbocycles. The van der Waals surface area contributed by atoms with Crippen molar-refractivity contribution in [2.24, 2.45) is 5.92 Å². The van der Waals surface area contributed by atoms with Crippen molar-refractivity contribution in [2.45, 2.75) is 30.0 Å². The number of fused-ring (bicyclic) bond motifs is 3. The van der Waals surface area contributed by atoms with Crippen molar-refractivity contribution in [2.75, 3.05) is 13.1 Å². The van der Waals surface area contributed by atoms with Crippen LogP contribution in [0.4, 0.5) is 0 Å². The predicted molar refractivity (Wildman–Crippen MR) is 65.5 cm³/mol. The van der Waals surface area contributed by atoms with Crippen LogP contribution >= 0.6 is 0 Å². The molecule has 0 amide bonds. The summed E-state index contributed by atoms with van der Waals surface area (Å²) in [5.41, 5.74) is 1.39. The van der Waals surface area contributed by atoms with Crippen LogP contribution in [0.5, 0.6) is 0 Å². The molecule has 2 atom stereocenters. The van der Waals surface area contributed by atoms with Crippen molar-refractivity contribution in [3.05, 3.63) is 30.1 Å². The van der Waals surface area contributed by atoms with Gasteiger partial charge < -0.3 is 0 Å². The van der Waals surface area contributed by atoms with E-state index in [0.717, 1.165) is 16.7 Å². The third-order valence-corrected chi connectivity index (χ3v) is 5.69. The Morgan fingerprint density at radius 1 is 1.38 bits per heavy atom. The summed E-state index contributed by atoms with van der Waals surface area (Å²) < 4.78 is 0.801. The quantitative estimate of drug-likeness (QED) is 0.764. The second kappa shape index (κ2) is 4.50. The first-order valence-corrected chi connectivity index (χ1v) is 7.24. The van der Waals surface area contributed by atoms with E-state index in [1.165, 1.54) is 37.9 Å². The molecule has 4 heterocycles. The molecule has 1 aromatic heterocycles. The van der Waals surface area contributed by atoms with Crippen LogP contribution in [-0.4, -0.2) is 45.9 Å². The zero-order valence-electron chi connectivity index (χ0n) is 9.42. The summed E-state index contributed by atoms with van der Waals surface area (Å²) in [6, 6.07) is 4.98. The van der Waals surface area contributed by atoms with Crippen LogP contribution in [0.25, 0.3) is 0 Å². The van der Waals surface area contributed by atoms with Crippen molar-refractivity contribution in [1.82, 2.24) is 9.88 Å². The van der Waals surface area contributed by atoms with Crippen LogP contribution in [0.2, 0.25) is 4.71 Å². The molecule has 2 nitrogen and oxygen atoms in total. The topological polar surface area (TPSA) is 16.1 Å². The van der Waals surface area contributed by atoms with Crippen LogP contribution in [0.15, 0.2) is 24.5 Å². The molecule has 0 aromatic carbocycles. The van der Waals surface area contributed by atoms with Crippen molar-refractivity contribution in [3.63, 3.8) is 0 Å². The maximum atomic E-state index is 4.21. The van der Waals surface area contributed by atoms with E-state index in [-0.39, 0.29) is 0 Å². The van der Waals surface area contributed by atoms with Crippen molar-refractivity contribution < 1.29 is 0 Å². The van der Waals surface area contributed by atoms with Gasteiger partial charge in [-0.05, 0) is 0 Å². The van der Waals surface area contributed by atoms with Crippen LogP contribution in [0.3, 0.4) is 0 Å². The summed E-state index contributed by atoms with van der Waals surface area (Å²) in [7, 11) is 0. The van der Waals surface area contributed by atoms with Gasteiger partial charge in [0.05, 0.1) is 0 Å². The van der Waals surface area contributed by atoms with Gasteiger partial charge in [0.25, 0.3) is 0 Å². The molecule has 0 saturated carbocycles. The summed E-state index contributed by atoms with van der Waals surface area (Å²) in [5, 5.41) is 0. The molecule has 0 N–H and O–H groups in total. The van der Waals surface area contributed by atoms with E-state index in [1.807, 2.05) is 18.5 Å². The fourth-order valence-corrected chi connectivity index (χ4v) is 4.38. The molecule has 3 aliphatic rings. The molecule has 84 valence electrons. The molecule has 16 heavy (non-hydrogen) atoms. The normalized spacial score (nSPS) is 37.6. The molecule has 3 aliphatic heterocycles. The average molecular weight is 276 g/mol. The van der Waals surface area contributed by atoms with E-state index in [1.54, 1.807) is 0 Å². The van der Waals surface area contributed by atoms with Gasteiger partial charge in [-0.25, -0.2) is 0 Å². The zero-order valence-corrected chi connectivity index (χ0v) is 11.3. The van der Waals surface area contributed by atoms with Crippen LogP contribution in [-0.2, 0) is 6.42 Å². The molecular weight excluding hydrogens is 259 g/mol. The second-order valence-electron chi connectivity index (χ2n) is 5.00. The molecule has 2 bridgehead atoms. The third-order valence-electron chi connectivity index (χ3n) is 4.09. The monoisotopic (exact) mass is 276 g/mol. The van der Waals surface area contributed by atoms with E-state index >= 15 is 0 Å². The summed E-state index contributed by atoms with van der Waals surface area (Å²) >= 11 is 2.93. The van der Waals surface area contributed by atoms with E-state index in [4.69, 9.17) is 0 Å². The van der Waals surface area contributed by atoms with Gasteiger partial charge in [0.2, 0.25) is 0 Å². The first kappa shape index (κ1) is 10.8. The van der Waals surface area contributed by atoms with E-state index in [2.05, 4.69) is 32.8 Å². The van der Waals surface area contributed by atoms with Crippen LogP contribution in [0, 0.1) is 5.92 Å². The fraction of sp³-hybridized carbons (Fsp3) is 0.615. The molecule has 4 rings (SSSR count). The third kappa shape index (κ3) is 1.94. The Bertz CT molecular complexity index is 344. The van der Waals surface area contributed by atoms with Crippen LogP contribution in [0.1, 0.15) is 18.4 Å². The fourth-order valence-electron chi connectivity index (χ4n) is 3.13. The van der Waals surface area contributed by atoms with Gasteiger partial charge in [0.1, 0.15) is 0 Å². The molecule has 3 fully saturated rings. The molecule has 2 unspecified atom stereocenters. The first-order valence-electron chi connectivity index (χ1n) is 6.15. The van der Waals surface area contributed by atoms with Gasteiger partial charge in [-0.3, -0.25) is 0 Å². The molecule has 3 heteroatoms. The maximum absolute atomic E-state index is 4.21. The van der Waals surface area contributed by atoms with Gasteiger partial charge in [-0.15, -0.1) is 0 Å². The Balaban J connectivity index is 1.75. The molecular formula is C13H17AsN2. The number of piperidine rings is 3. The standard InChI is InChI=1S/C13H17AsN2/c14-13-11-3-6-16(7-4-11)12(13)8-10-2-1-5-15-9-10/h1-2,5,9,11-13H,3-4,6-8H2. The Hall–Kier alpha value is -0.332. The number of hydrogen-bond donors (Lipinski definition) is 0. The predicted octanol–water partition coefficient (Wildman–Crippen LogP) is 1.68. The van der Waals surface area contributed by atoms with E-state index in [9.17, 15) is 0 Å². The minimum atomic E-state index is 0.733. The summed E-state index contributed by atoms with van der Waals surface area (Å²) in [6.45, 7) is 2.62. The second-order valence-corrected chi connectivity index (χ2v) is 6.25. The molecule has 2 radical (unpaired) electrons. The Morgan fingerprint density at radius 3 is 2.81 bits per heavy atom. The molecule has 0 spiro atoms. The summed E-state index contributed by atoms with van der Waals surface area (Å²) in [6.07, 6.45) is 7.86. The Labute approximate surface area is 106 Å². The number of aromatic nitrogens is 1. The summed E-state index contributed by atoms with van der Waals surface area (Å²) in [4.78, 5) is 6.89. The minimum absolute atomic E-state index is 0.733. The Morgan fingerprint density at radius 2 is 2.19 bits per heavy atom. The average Bonchev–Trinajstić information content (AvgIpc) is 2.36. The van der Waals surface area contributed by atoms with Crippen molar-refractivity contribution >= 4 is 16.9 Å². The van der Waals surface area contributed by atoms with Crippen molar-refractivity contribution in [3.8, 4) is 0 Å². The van der Waals surface area contributed by atoms with Crippen LogP contribution < -0.4 is 0 Å². The number of hydrogen-bond acceptors (Lipinski definition) is 2. The zero-order chi connectivity index (χ0) is 11.0. The number of pyridine rings is 1.